The second-order valence-electron chi connectivity index (χ2n) is 4.10. The summed E-state index contributed by atoms with van der Waals surface area (Å²) in [4.78, 5) is 23.4. The highest BCUT2D eigenvalue weighted by Crippen LogP contribution is 2.27. The summed E-state index contributed by atoms with van der Waals surface area (Å²) in [5, 5.41) is 31.3. The van der Waals surface area contributed by atoms with Crippen LogP contribution in [0, 0.1) is 15.9 Å². The Labute approximate surface area is 119 Å². The molecule has 0 spiro atoms. The molecule has 0 unspecified atom stereocenters. The number of carbonyl (C=O) groups is 1. The summed E-state index contributed by atoms with van der Waals surface area (Å²) in [5.41, 5.74) is -1.04. The number of nitrogens with zero attached hydrogens (tertiary/aromatic N) is 2. The third-order valence-corrected chi connectivity index (χ3v) is 2.81. The zero-order valence-corrected chi connectivity index (χ0v) is 11.4. The van der Waals surface area contributed by atoms with Gasteiger partial charge in [0.25, 0.3) is 11.6 Å². The molecule has 116 valence electrons. The van der Waals surface area contributed by atoms with Crippen molar-refractivity contribution in [1.29, 1.82) is 0 Å². The zero-order chi connectivity index (χ0) is 16.0. The molecular formula is C12H16FN3O5. The van der Waals surface area contributed by atoms with Crippen LogP contribution in [0.5, 0.6) is 0 Å². The van der Waals surface area contributed by atoms with Gasteiger partial charge in [-0.15, -0.1) is 0 Å². The standard InChI is InChI=1S/C12H16FN3O5/c1-14-10-6-8(11(16(20)21)7-9(10)13)12(19)15(2-4-17)3-5-18/h6-7,14,17-18H,2-5H2,1H3. The van der Waals surface area contributed by atoms with Gasteiger partial charge in [-0.05, 0) is 6.07 Å². The number of carbonyl (C=O) groups excluding carboxylic acids is 1. The number of nitrogens with one attached hydrogen (secondary N) is 1. The van der Waals surface area contributed by atoms with Gasteiger partial charge in [0.1, 0.15) is 5.56 Å². The first-order valence-corrected chi connectivity index (χ1v) is 6.13. The van der Waals surface area contributed by atoms with Crippen molar-refractivity contribution in [2.24, 2.45) is 0 Å². The van der Waals surface area contributed by atoms with E-state index in [0.717, 1.165) is 11.0 Å². The largest absolute Gasteiger partial charge is 0.395 e. The lowest BCUT2D eigenvalue weighted by atomic mass is 10.1. The van der Waals surface area contributed by atoms with Crippen molar-refractivity contribution in [2.45, 2.75) is 0 Å². The van der Waals surface area contributed by atoms with Crippen LogP contribution in [0.1, 0.15) is 10.4 Å². The van der Waals surface area contributed by atoms with E-state index >= 15 is 0 Å². The zero-order valence-electron chi connectivity index (χ0n) is 11.4. The number of amides is 1. The van der Waals surface area contributed by atoms with Crippen LogP contribution >= 0.6 is 0 Å². The van der Waals surface area contributed by atoms with Crippen molar-refractivity contribution in [2.75, 3.05) is 38.7 Å². The first-order chi connectivity index (χ1) is 9.96. The van der Waals surface area contributed by atoms with Crippen molar-refractivity contribution in [3.63, 3.8) is 0 Å². The van der Waals surface area contributed by atoms with Gasteiger partial charge in [-0.25, -0.2) is 4.39 Å². The highest BCUT2D eigenvalue weighted by Gasteiger charge is 2.26. The number of rotatable bonds is 7. The minimum Gasteiger partial charge on any atom is -0.395 e. The molecule has 0 saturated heterocycles. The lowest BCUT2D eigenvalue weighted by molar-refractivity contribution is -0.385. The Hall–Kier alpha value is -2.26. The summed E-state index contributed by atoms with van der Waals surface area (Å²) in [6.45, 7) is -0.912. The summed E-state index contributed by atoms with van der Waals surface area (Å²) in [7, 11) is 1.41. The van der Waals surface area contributed by atoms with Gasteiger partial charge in [0.15, 0.2) is 5.82 Å². The SMILES string of the molecule is CNc1cc(C(=O)N(CCO)CCO)c([N+](=O)[O-])cc1F. The third-order valence-electron chi connectivity index (χ3n) is 2.81. The fourth-order valence-corrected chi connectivity index (χ4v) is 1.80. The molecule has 1 aromatic carbocycles. The predicted molar refractivity (Wildman–Crippen MR) is 72.7 cm³/mol. The second-order valence-corrected chi connectivity index (χ2v) is 4.10. The van der Waals surface area contributed by atoms with E-state index in [4.69, 9.17) is 10.2 Å². The van der Waals surface area contributed by atoms with E-state index in [1.54, 1.807) is 0 Å². The molecule has 0 heterocycles. The molecular weight excluding hydrogens is 285 g/mol. The topological polar surface area (TPSA) is 116 Å². The van der Waals surface area contributed by atoms with Gasteiger partial charge in [0.05, 0.1) is 29.9 Å². The summed E-state index contributed by atoms with van der Waals surface area (Å²) in [6, 6.07) is 1.70. The van der Waals surface area contributed by atoms with E-state index in [1.165, 1.54) is 7.05 Å². The van der Waals surface area contributed by atoms with E-state index in [1.807, 2.05) is 0 Å². The average Bonchev–Trinajstić information content (AvgIpc) is 2.45. The number of nitro benzene ring substituents is 1. The molecule has 0 fully saturated rings. The Morgan fingerprint density at radius 3 is 2.38 bits per heavy atom. The van der Waals surface area contributed by atoms with E-state index in [2.05, 4.69) is 5.32 Å². The maximum atomic E-state index is 13.6. The smallest absolute Gasteiger partial charge is 0.285 e. The van der Waals surface area contributed by atoms with Crippen LogP contribution in [0.25, 0.3) is 0 Å². The highest BCUT2D eigenvalue weighted by atomic mass is 19.1. The number of hydrogen-bond donors (Lipinski definition) is 3. The average molecular weight is 301 g/mol. The summed E-state index contributed by atoms with van der Waals surface area (Å²) >= 11 is 0. The molecule has 3 N–H and O–H groups in total. The molecule has 0 aromatic heterocycles. The Balaban J connectivity index is 3.31. The van der Waals surface area contributed by atoms with Crippen molar-refractivity contribution in [3.05, 3.63) is 33.6 Å². The van der Waals surface area contributed by atoms with Gasteiger partial charge in [-0.3, -0.25) is 14.9 Å². The maximum absolute atomic E-state index is 13.6. The van der Waals surface area contributed by atoms with Crippen LogP contribution in [0.2, 0.25) is 0 Å². The van der Waals surface area contributed by atoms with Crippen LogP contribution in [-0.4, -0.2) is 59.3 Å². The number of halogens is 1. The number of aliphatic hydroxyl groups excluding tert-OH is 2. The molecule has 21 heavy (non-hydrogen) atoms. The molecule has 0 saturated carbocycles. The van der Waals surface area contributed by atoms with Crippen LogP contribution in [0.4, 0.5) is 15.8 Å². The number of nitro groups is 1. The van der Waals surface area contributed by atoms with Crippen LogP contribution in [0.3, 0.4) is 0 Å². The number of anilines is 1. The molecule has 0 aliphatic carbocycles. The molecule has 0 atom stereocenters. The van der Waals surface area contributed by atoms with Crippen molar-refractivity contribution in [1.82, 2.24) is 4.90 Å². The van der Waals surface area contributed by atoms with E-state index in [0.29, 0.717) is 6.07 Å². The molecule has 0 bridgehead atoms. The maximum Gasteiger partial charge on any atom is 0.285 e. The minimum absolute atomic E-state index is 0.0584. The quantitative estimate of drug-likeness (QED) is 0.489. The molecule has 0 aliphatic heterocycles. The molecule has 9 heteroatoms. The number of aliphatic hydroxyl groups is 2. The monoisotopic (exact) mass is 301 g/mol. The Bertz CT molecular complexity index is 532. The van der Waals surface area contributed by atoms with Crippen LogP contribution in [-0.2, 0) is 0 Å². The molecule has 1 rings (SSSR count). The fraction of sp³-hybridized carbons (Fsp3) is 0.417. The van der Waals surface area contributed by atoms with E-state index in [9.17, 15) is 19.3 Å². The van der Waals surface area contributed by atoms with Crippen molar-refractivity contribution >= 4 is 17.3 Å². The summed E-state index contributed by atoms with van der Waals surface area (Å²) in [6.07, 6.45) is 0. The van der Waals surface area contributed by atoms with Gasteiger partial charge >= 0.3 is 0 Å². The minimum atomic E-state index is -0.855. The van der Waals surface area contributed by atoms with Crippen molar-refractivity contribution < 1.29 is 24.3 Å². The first-order valence-electron chi connectivity index (χ1n) is 6.13. The van der Waals surface area contributed by atoms with Crippen molar-refractivity contribution in [3.8, 4) is 0 Å². The Morgan fingerprint density at radius 1 is 1.38 bits per heavy atom. The molecule has 8 nitrogen and oxygen atoms in total. The van der Waals surface area contributed by atoms with Gasteiger partial charge in [-0.1, -0.05) is 0 Å². The van der Waals surface area contributed by atoms with Gasteiger partial charge in [0, 0.05) is 20.1 Å². The molecule has 1 amide bonds. The number of benzene rings is 1. The van der Waals surface area contributed by atoms with Gasteiger partial charge < -0.3 is 20.4 Å². The third kappa shape index (κ3) is 3.86. The normalized spacial score (nSPS) is 10.3. The van der Waals surface area contributed by atoms with E-state index < -0.39 is 22.3 Å². The Morgan fingerprint density at radius 2 is 1.95 bits per heavy atom. The number of hydrogen-bond acceptors (Lipinski definition) is 6. The molecule has 0 radical (unpaired) electrons. The predicted octanol–water partition coefficient (Wildman–Crippen LogP) is 0.202. The molecule has 0 aliphatic rings. The Kier molecular flexibility index (Phi) is 6.00. The molecule has 1 aromatic rings. The van der Waals surface area contributed by atoms with Gasteiger partial charge in [0.2, 0.25) is 0 Å². The lowest BCUT2D eigenvalue weighted by Crippen LogP contribution is -2.36. The first kappa shape index (κ1) is 16.8. The lowest BCUT2D eigenvalue weighted by Gasteiger charge is -2.21. The fourth-order valence-electron chi connectivity index (χ4n) is 1.80. The van der Waals surface area contributed by atoms with Gasteiger partial charge in [-0.2, -0.15) is 0 Å². The van der Waals surface area contributed by atoms with E-state index in [-0.39, 0.29) is 37.6 Å². The van der Waals surface area contributed by atoms with Crippen LogP contribution in [0.15, 0.2) is 12.1 Å². The van der Waals surface area contributed by atoms with Crippen LogP contribution < -0.4 is 5.32 Å². The summed E-state index contributed by atoms with van der Waals surface area (Å²) < 4.78 is 13.6. The summed E-state index contributed by atoms with van der Waals surface area (Å²) in [5.74, 6) is -1.61. The highest BCUT2D eigenvalue weighted by molar-refractivity contribution is 5.99. The second kappa shape index (κ2) is 7.50.